The van der Waals surface area contributed by atoms with Crippen LogP contribution in [0.25, 0.3) is 0 Å². The first-order valence-electron chi connectivity index (χ1n) is 5.64. The second-order valence-corrected chi connectivity index (χ2v) is 5.40. The highest BCUT2D eigenvalue weighted by Crippen LogP contribution is 2.22. The molecule has 1 rings (SSSR count). The van der Waals surface area contributed by atoms with E-state index in [1.807, 2.05) is 0 Å². The molecule has 15 heavy (non-hydrogen) atoms. The molecular formula is C14H22O. The van der Waals surface area contributed by atoms with Crippen molar-refractivity contribution in [3.8, 4) is 0 Å². The van der Waals surface area contributed by atoms with Gasteiger partial charge in [0.1, 0.15) is 0 Å². The van der Waals surface area contributed by atoms with Crippen LogP contribution in [0.4, 0.5) is 0 Å². The van der Waals surface area contributed by atoms with E-state index in [0.29, 0.717) is 5.92 Å². The molecule has 0 unspecified atom stereocenters. The van der Waals surface area contributed by atoms with E-state index >= 15 is 0 Å². The lowest BCUT2D eigenvalue weighted by molar-refractivity contribution is 0.159. The van der Waals surface area contributed by atoms with E-state index in [1.54, 1.807) is 0 Å². The molecule has 1 N–H and O–H groups in total. The lowest BCUT2D eigenvalue weighted by Gasteiger charge is -2.21. The normalized spacial score (nSPS) is 12.1. The highest BCUT2D eigenvalue weighted by atomic mass is 16.3. The Labute approximate surface area is 93.1 Å². The molecule has 1 nitrogen and oxygen atoms in total. The quantitative estimate of drug-likeness (QED) is 0.800. The average molecular weight is 206 g/mol. The number of hydrogen-bond donors (Lipinski definition) is 1. The van der Waals surface area contributed by atoms with Crippen LogP contribution >= 0.6 is 0 Å². The van der Waals surface area contributed by atoms with Gasteiger partial charge in [-0.2, -0.15) is 0 Å². The van der Waals surface area contributed by atoms with E-state index in [2.05, 4.69) is 52.0 Å². The van der Waals surface area contributed by atoms with E-state index in [1.165, 1.54) is 11.1 Å². The largest absolute Gasteiger partial charge is 0.396 e. The molecule has 1 heteroatoms. The van der Waals surface area contributed by atoms with Crippen molar-refractivity contribution in [3.05, 3.63) is 35.4 Å². The molecule has 84 valence electrons. The summed E-state index contributed by atoms with van der Waals surface area (Å²) in [6.07, 6.45) is 0.932. The summed E-state index contributed by atoms with van der Waals surface area (Å²) in [7, 11) is 0. The van der Waals surface area contributed by atoms with E-state index in [9.17, 15) is 5.11 Å². The molecule has 0 spiro atoms. The Morgan fingerprint density at radius 2 is 1.67 bits per heavy atom. The predicted octanol–water partition coefficient (Wildman–Crippen LogP) is 3.37. The van der Waals surface area contributed by atoms with E-state index in [0.717, 1.165) is 6.42 Å². The van der Waals surface area contributed by atoms with Gasteiger partial charge in [0.15, 0.2) is 0 Å². The number of benzene rings is 1. The fraction of sp³-hybridized carbons (Fsp3) is 0.571. The molecule has 0 saturated heterocycles. The van der Waals surface area contributed by atoms with Crippen LogP contribution < -0.4 is 0 Å². The molecule has 0 aliphatic heterocycles. The monoisotopic (exact) mass is 206 g/mol. The van der Waals surface area contributed by atoms with Gasteiger partial charge in [-0.1, -0.05) is 52.0 Å². The predicted molar refractivity (Wildman–Crippen MR) is 65.1 cm³/mol. The molecule has 0 aromatic heterocycles. The summed E-state index contributed by atoms with van der Waals surface area (Å²) in [5, 5.41) is 9.20. The smallest absolute Gasteiger partial charge is 0.0485 e. The summed E-state index contributed by atoms with van der Waals surface area (Å²) >= 11 is 0. The third-order valence-corrected chi connectivity index (χ3v) is 2.76. The van der Waals surface area contributed by atoms with Gasteiger partial charge in [-0.15, -0.1) is 0 Å². The van der Waals surface area contributed by atoms with Crippen molar-refractivity contribution in [2.75, 3.05) is 6.61 Å². The third-order valence-electron chi connectivity index (χ3n) is 2.76. The minimum atomic E-state index is -0.0145. The van der Waals surface area contributed by atoms with Crippen LogP contribution in [0.1, 0.15) is 44.7 Å². The molecule has 0 aliphatic rings. The van der Waals surface area contributed by atoms with Crippen LogP contribution in [0.2, 0.25) is 0 Å². The van der Waals surface area contributed by atoms with Crippen LogP contribution in [-0.4, -0.2) is 11.7 Å². The van der Waals surface area contributed by atoms with E-state index in [4.69, 9.17) is 0 Å². The molecule has 0 heterocycles. The Balaban J connectivity index is 2.73. The molecule has 0 aliphatic carbocycles. The summed E-state index contributed by atoms with van der Waals surface area (Å²) in [6.45, 7) is 8.81. The van der Waals surface area contributed by atoms with Crippen LogP contribution in [0.3, 0.4) is 0 Å². The lowest BCUT2D eigenvalue weighted by Crippen LogP contribution is -2.19. The van der Waals surface area contributed by atoms with Crippen LogP contribution in [0.5, 0.6) is 0 Å². The van der Waals surface area contributed by atoms with Gasteiger partial charge in [-0.05, 0) is 28.9 Å². The highest BCUT2D eigenvalue weighted by molar-refractivity contribution is 5.25. The van der Waals surface area contributed by atoms with Gasteiger partial charge in [-0.25, -0.2) is 0 Å². The summed E-state index contributed by atoms with van der Waals surface area (Å²) in [5.41, 5.74) is 2.67. The number of rotatable bonds is 4. The number of aliphatic hydroxyl groups is 1. The second-order valence-electron chi connectivity index (χ2n) is 5.40. The molecule has 0 saturated carbocycles. The molecular weight excluding hydrogens is 184 g/mol. The third kappa shape index (κ3) is 3.67. The van der Waals surface area contributed by atoms with Crippen LogP contribution in [0, 0.1) is 5.41 Å². The Bertz CT molecular complexity index is 296. The lowest BCUT2D eigenvalue weighted by atomic mass is 9.86. The summed E-state index contributed by atoms with van der Waals surface area (Å²) < 4.78 is 0. The zero-order chi connectivity index (χ0) is 11.5. The average Bonchev–Trinajstić information content (AvgIpc) is 2.18. The Hall–Kier alpha value is -0.820. The van der Waals surface area contributed by atoms with Crippen molar-refractivity contribution in [2.45, 2.75) is 40.0 Å². The summed E-state index contributed by atoms with van der Waals surface area (Å²) in [6, 6.07) is 8.72. The fourth-order valence-electron chi connectivity index (χ4n) is 1.63. The standard InChI is InChI=1S/C14H22O/c1-11(2)13-7-5-12(6-8-13)9-14(3,4)10-15/h5-8,11,15H,9-10H2,1-4H3. The van der Waals surface area contributed by atoms with E-state index in [-0.39, 0.29) is 12.0 Å². The Morgan fingerprint density at radius 1 is 1.13 bits per heavy atom. The maximum Gasteiger partial charge on any atom is 0.0485 e. The highest BCUT2D eigenvalue weighted by Gasteiger charge is 2.16. The van der Waals surface area contributed by atoms with Gasteiger partial charge in [0, 0.05) is 6.61 Å². The zero-order valence-corrected chi connectivity index (χ0v) is 10.2. The molecule has 0 radical (unpaired) electrons. The van der Waals surface area contributed by atoms with Gasteiger partial charge in [-0.3, -0.25) is 0 Å². The first-order chi connectivity index (χ1) is 6.94. The van der Waals surface area contributed by atoms with Gasteiger partial charge in [0.25, 0.3) is 0 Å². The number of aliphatic hydroxyl groups excluding tert-OH is 1. The van der Waals surface area contributed by atoms with Crippen molar-refractivity contribution < 1.29 is 5.11 Å². The zero-order valence-electron chi connectivity index (χ0n) is 10.2. The topological polar surface area (TPSA) is 20.2 Å². The maximum absolute atomic E-state index is 9.20. The summed E-state index contributed by atoms with van der Waals surface area (Å²) in [5.74, 6) is 0.588. The van der Waals surface area contributed by atoms with Gasteiger partial charge >= 0.3 is 0 Å². The van der Waals surface area contributed by atoms with Gasteiger partial charge < -0.3 is 5.11 Å². The molecule has 1 aromatic rings. The van der Waals surface area contributed by atoms with Crippen LogP contribution in [0.15, 0.2) is 24.3 Å². The first kappa shape index (κ1) is 12.3. The minimum absolute atomic E-state index is 0.0145. The minimum Gasteiger partial charge on any atom is -0.396 e. The van der Waals surface area contributed by atoms with Crippen LogP contribution in [-0.2, 0) is 6.42 Å². The molecule has 0 bridgehead atoms. The second kappa shape index (κ2) is 4.80. The molecule has 0 atom stereocenters. The van der Waals surface area contributed by atoms with Crippen molar-refractivity contribution in [3.63, 3.8) is 0 Å². The first-order valence-corrected chi connectivity index (χ1v) is 5.64. The molecule has 1 aromatic carbocycles. The fourth-order valence-corrected chi connectivity index (χ4v) is 1.63. The van der Waals surface area contributed by atoms with Gasteiger partial charge in [0.05, 0.1) is 0 Å². The molecule has 0 amide bonds. The Morgan fingerprint density at radius 3 is 2.07 bits per heavy atom. The van der Waals surface area contributed by atoms with E-state index < -0.39 is 0 Å². The summed E-state index contributed by atoms with van der Waals surface area (Å²) in [4.78, 5) is 0. The van der Waals surface area contributed by atoms with Crippen molar-refractivity contribution >= 4 is 0 Å². The number of hydrogen-bond acceptors (Lipinski definition) is 1. The van der Waals surface area contributed by atoms with Crippen molar-refractivity contribution in [2.24, 2.45) is 5.41 Å². The molecule has 0 fully saturated rings. The van der Waals surface area contributed by atoms with Crippen molar-refractivity contribution in [1.29, 1.82) is 0 Å². The SMILES string of the molecule is CC(C)c1ccc(CC(C)(C)CO)cc1. The van der Waals surface area contributed by atoms with Crippen molar-refractivity contribution in [1.82, 2.24) is 0 Å². The maximum atomic E-state index is 9.20. The van der Waals surface area contributed by atoms with Gasteiger partial charge in [0.2, 0.25) is 0 Å². The Kier molecular flexibility index (Phi) is 3.92.